The fourth-order valence-electron chi connectivity index (χ4n) is 2.57. The van der Waals surface area contributed by atoms with Gasteiger partial charge in [-0.25, -0.2) is 9.37 Å². The first-order valence-electron chi connectivity index (χ1n) is 7.78. The normalized spacial score (nSPS) is 10.7. The first-order valence-corrected chi connectivity index (χ1v) is 7.78. The molecule has 7 heteroatoms. The SMILES string of the molecule is COc1cc2nc(NCCc3cccc(F)c3)nc(N)c2cc1OC. The molecular weight excluding hydrogens is 323 g/mol. The molecule has 0 unspecified atom stereocenters. The van der Waals surface area contributed by atoms with E-state index >= 15 is 0 Å². The van der Waals surface area contributed by atoms with Crippen LogP contribution in [0.25, 0.3) is 10.9 Å². The summed E-state index contributed by atoms with van der Waals surface area (Å²) in [7, 11) is 3.12. The van der Waals surface area contributed by atoms with Crippen molar-refractivity contribution >= 4 is 22.7 Å². The second-order valence-corrected chi connectivity index (χ2v) is 5.46. The van der Waals surface area contributed by atoms with Gasteiger partial charge in [-0.1, -0.05) is 12.1 Å². The number of nitrogens with one attached hydrogen (secondary N) is 1. The van der Waals surface area contributed by atoms with Crippen LogP contribution in [0.15, 0.2) is 36.4 Å². The van der Waals surface area contributed by atoms with Gasteiger partial charge in [0.05, 0.1) is 19.7 Å². The largest absolute Gasteiger partial charge is 0.493 e. The zero-order valence-electron chi connectivity index (χ0n) is 14.0. The Bertz CT molecular complexity index is 902. The van der Waals surface area contributed by atoms with Gasteiger partial charge in [0.15, 0.2) is 11.5 Å². The summed E-state index contributed by atoms with van der Waals surface area (Å²) in [6.45, 7) is 0.557. The van der Waals surface area contributed by atoms with E-state index in [0.29, 0.717) is 47.1 Å². The molecule has 6 nitrogen and oxygen atoms in total. The van der Waals surface area contributed by atoms with Gasteiger partial charge in [-0.05, 0) is 30.2 Å². The van der Waals surface area contributed by atoms with Crippen molar-refractivity contribution in [1.29, 1.82) is 0 Å². The minimum Gasteiger partial charge on any atom is -0.493 e. The lowest BCUT2D eigenvalue weighted by Crippen LogP contribution is -2.09. The Labute approximate surface area is 144 Å². The number of aromatic nitrogens is 2. The summed E-state index contributed by atoms with van der Waals surface area (Å²) in [4.78, 5) is 8.72. The van der Waals surface area contributed by atoms with E-state index < -0.39 is 0 Å². The molecule has 0 aliphatic carbocycles. The number of rotatable bonds is 6. The molecule has 3 rings (SSSR count). The average molecular weight is 342 g/mol. The Hall–Kier alpha value is -3.09. The molecule has 0 aliphatic rings. The Morgan fingerprint density at radius 3 is 2.56 bits per heavy atom. The van der Waals surface area contributed by atoms with Crippen LogP contribution in [-0.2, 0) is 6.42 Å². The molecule has 0 radical (unpaired) electrons. The number of hydrogen-bond donors (Lipinski definition) is 2. The molecule has 0 saturated heterocycles. The summed E-state index contributed by atoms with van der Waals surface area (Å²) in [5.74, 6) is 1.65. The van der Waals surface area contributed by atoms with Crippen molar-refractivity contribution in [3.8, 4) is 11.5 Å². The van der Waals surface area contributed by atoms with E-state index in [1.165, 1.54) is 12.1 Å². The molecule has 2 aromatic carbocycles. The number of ether oxygens (including phenoxy) is 2. The third kappa shape index (κ3) is 3.71. The van der Waals surface area contributed by atoms with Crippen LogP contribution in [-0.4, -0.2) is 30.7 Å². The third-order valence-corrected chi connectivity index (χ3v) is 3.82. The molecule has 0 spiro atoms. The number of benzene rings is 2. The summed E-state index contributed by atoms with van der Waals surface area (Å²) < 4.78 is 23.8. The predicted molar refractivity (Wildman–Crippen MR) is 95.6 cm³/mol. The van der Waals surface area contributed by atoms with E-state index in [1.807, 2.05) is 6.07 Å². The van der Waals surface area contributed by atoms with Crippen molar-refractivity contribution in [3.05, 3.63) is 47.8 Å². The van der Waals surface area contributed by atoms with Crippen LogP contribution in [0, 0.1) is 5.82 Å². The molecule has 0 bridgehead atoms. The van der Waals surface area contributed by atoms with E-state index in [9.17, 15) is 4.39 Å². The fraction of sp³-hybridized carbons (Fsp3) is 0.222. The maximum absolute atomic E-state index is 13.2. The van der Waals surface area contributed by atoms with Gasteiger partial charge in [-0.2, -0.15) is 4.98 Å². The van der Waals surface area contributed by atoms with Crippen molar-refractivity contribution in [2.45, 2.75) is 6.42 Å². The van der Waals surface area contributed by atoms with Gasteiger partial charge in [0.25, 0.3) is 0 Å². The van der Waals surface area contributed by atoms with Gasteiger partial charge in [0.2, 0.25) is 5.95 Å². The van der Waals surface area contributed by atoms with E-state index in [2.05, 4.69) is 15.3 Å². The molecule has 25 heavy (non-hydrogen) atoms. The summed E-state index contributed by atoms with van der Waals surface area (Å²) in [6, 6.07) is 10.00. The quantitative estimate of drug-likeness (QED) is 0.716. The molecule has 0 amide bonds. The van der Waals surface area contributed by atoms with Gasteiger partial charge in [-0.15, -0.1) is 0 Å². The molecule has 130 valence electrons. The zero-order valence-corrected chi connectivity index (χ0v) is 14.0. The number of nitrogens with zero attached hydrogens (tertiary/aromatic N) is 2. The van der Waals surface area contributed by atoms with Crippen LogP contribution in [0.2, 0.25) is 0 Å². The fourth-order valence-corrected chi connectivity index (χ4v) is 2.57. The lowest BCUT2D eigenvalue weighted by molar-refractivity contribution is 0.356. The molecule has 0 fully saturated rings. The summed E-state index contributed by atoms with van der Waals surface area (Å²) in [6.07, 6.45) is 0.644. The highest BCUT2D eigenvalue weighted by Gasteiger charge is 2.11. The van der Waals surface area contributed by atoms with E-state index in [4.69, 9.17) is 15.2 Å². The smallest absolute Gasteiger partial charge is 0.225 e. The second kappa shape index (κ2) is 7.21. The van der Waals surface area contributed by atoms with Gasteiger partial charge in [0, 0.05) is 18.0 Å². The Morgan fingerprint density at radius 2 is 1.84 bits per heavy atom. The van der Waals surface area contributed by atoms with Gasteiger partial charge in [-0.3, -0.25) is 0 Å². The van der Waals surface area contributed by atoms with Crippen molar-refractivity contribution in [1.82, 2.24) is 9.97 Å². The number of fused-ring (bicyclic) bond motifs is 1. The Balaban J connectivity index is 1.80. The van der Waals surface area contributed by atoms with E-state index in [-0.39, 0.29) is 5.82 Å². The lowest BCUT2D eigenvalue weighted by atomic mass is 10.1. The molecule has 1 aromatic heterocycles. The highest BCUT2D eigenvalue weighted by atomic mass is 19.1. The average Bonchev–Trinajstić information content (AvgIpc) is 2.61. The van der Waals surface area contributed by atoms with Crippen LogP contribution >= 0.6 is 0 Å². The standard InChI is InChI=1S/C18H19FN4O2/c1-24-15-9-13-14(10-16(15)25-2)22-18(23-17(13)20)21-7-6-11-4-3-5-12(19)8-11/h3-5,8-10H,6-7H2,1-2H3,(H3,20,21,22,23). The molecule has 0 saturated carbocycles. The third-order valence-electron chi connectivity index (χ3n) is 3.82. The van der Waals surface area contributed by atoms with Crippen LogP contribution in [0.4, 0.5) is 16.2 Å². The topological polar surface area (TPSA) is 82.3 Å². The molecule has 3 N–H and O–H groups in total. The monoisotopic (exact) mass is 342 g/mol. The number of anilines is 2. The van der Waals surface area contributed by atoms with E-state index in [1.54, 1.807) is 32.4 Å². The maximum Gasteiger partial charge on any atom is 0.225 e. The van der Waals surface area contributed by atoms with Crippen molar-refractivity contribution in [2.24, 2.45) is 0 Å². The molecule has 0 atom stereocenters. The highest BCUT2D eigenvalue weighted by molar-refractivity contribution is 5.91. The first-order chi connectivity index (χ1) is 12.1. The number of methoxy groups -OCH3 is 2. The number of nitrogens with two attached hydrogens (primary N) is 1. The number of halogens is 1. The van der Waals surface area contributed by atoms with Crippen LogP contribution in [0.3, 0.4) is 0 Å². The molecular formula is C18H19FN4O2. The number of hydrogen-bond acceptors (Lipinski definition) is 6. The molecule has 0 aliphatic heterocycles. The first kappa shape index (κ1) is 16.8. The van der Waals surface area contributed by atoms with Gasteiger partial charge < -0.3 is 20.5 Å². The summed E-state index contributed by atoms with van der Waals surface area (Å²) in [5.41, 5.74) is 7.59. The van der Waals surface area contributed by atoms with Gasteiger partial charge >= 0.3 is 0 Å². The Morgan fingerprint density at radius 1 is 1.08 bits per heavy atom. The lowest BCUT2D eigenvalue weighted by Gasteiger charge is -2.11. The van der Waals surface area contributed by atoms with Gasteiger partial charge in [0.1, 0.15) is 11.6 Å². The number of nitrogen functional groups attached to an aromatic ring is 1. The highest BCUT2D eigenvalue weighted by Crippen LogP contribution is 2.33. The second-order valence-electron chi connectivity index (χ2n) is 5.46. The molecule has 1 heterocycles. The van der Waals surface area contributed by atoms with Crippen molar-refractivity contribution < 1.29 is 13.9 Å². The Kier molecular flexibility index (Phi) is 4.83. The summed E-state index contributed by atoms with van der Waals surface area (Å²) in [5, 5.41) is 3.80. The van der Waals surface area contributed by atoms with Crippen LogP contribution < -0.4 is 20.5 Å². The molecule has 3 aromatic rings. The summed E-state index contributed by atoms with van der Waals surface area (Å²) >= 11 is 0. The maximum atomic E-state index is 13.2. The predicted octanol–water partition coefficient (Wildman–Crippen LogP) is 3.02. The van der Waals surface area contributed by atoms with Crippen LogP contribution in [0.5, 0.6) is 11.5 Å². The zero-order chi connectivity index (χ0) is 17.8. The minimum absolute atomic E-state index is 0.246. The van der Waals surface area contributed by atoms with E-state index in [0.717, 1.165) is 5.56 Å². The van der Waals surface area contributed by atoms with Crippen LogP contribution in [0.1, 0.15) is 5.56 Å². The van der Waals surface area contributed by atoms with Crippen molar-refractivity contribution in [3.63, 3.8) is 0 Å². The minimum atomic E-state index is -0.246. The van der Waals surface area contributed by atoms with Crippen molar-refractivity contribution in [2.75, 3.05) is 31.8 Å².